The molecule has 2 fully saturated rings. The molecule has 0 amide bonds. The molecule has 0 aromatic carbocycles. The molecule has 0 unspecified atom stereocenters. The molecule has 74 valence electrons. The van der Waals surface area contributed by atoms with E-state index in [-0.39, 0.29) is 17.4 Å². The van der Waals surface area contributed by atoms with E-state index in [0.29, 0.717) is 11.7 Å². The van der Waals surface area contributed by atoms with Crippen molar-refractivity contribution in [3.63, 3.8) is 0 Å². The van der Waals surface area contributed by atoms with E-state index in [1.807, 2.05) is 6.92 Å². The van der Waals surface area contributed by atoms with Crippen LogP contribution in [0.15, 0.2) is 0 Å². The third-order valence-electron chi connectivity index (χ3n) is 4.50. The lowest BCUT2D eigenvalue weighted by molar-refractivity contribution is -0.135. The largest absolute Gasteiger partial charge is 0.393 e. The first-order valence-electron chi connectivity index (χ1n) is 5.28. The van der Waals surface area contributed by atoms with Gasteiger partial charge in [-0.15, -0.1) is 0 Å². The van der Waals surface area contributed by atoms with Crippen molar-refractivity contribution in [1.82, 2.24) is 0 Å². The third kappa shape index (κ3) is 1.08. The highest BCUT2D eigenvalue weighted by Gasteiger charge is 2.53. The highest BCUT2D eigenvalue weighted by atomic mass is 16.3. The summed E-state index contributed by atoms with van der Waals surface area (Å²) in [6.07, 6.45) is 3.44. The summed E-state index contributed by atoms with van der Waals surface area (Å²) in [5.74, 6) is 1.07. The molecule has 2 nitrogen and oxygen atoms in total. The van der Waals surface area contributed by atoms with Crippen LogP contribution in [-0.2, 0) is 4.79 Å². The van der Waals surface area contributed by atoms with Crippen molar-refractivity contribution >= 4 is 5.78 Å². The van der Waals surface area contributed by atoms with E-state index in [2.05, 4.69) is 6.92 Å². The zero-order chi connectivity index (χ0) is 9.64. The van der Waals surface area contributed by atoms with Crippen molar-refractivity contribution < 1.29 is 9.90 Å². The maximum atomic E-state index is 11.8. The van der Waals surface area contributed by atoms with Crippen LogP contribution >= 0.6 is 0 Å². The quantitative estimate of drug-likeness (QED) is 0.620. The molecule has 0 saturated heterocycles. The Bertz CT molecular complexity index is 236. The topological polar surface area (TPSA) is 37.3 Å². The van der Waals surface area contributed by atoms with Gasteiger partial charge in [-0.25, -0.2) is 0 Å². The highest BCUT2D eigenvalue weighted by molar-refractivity contribution is 5.87. The van der Waals surface area contributed by atoms with Crippen LogP contribution in [0.2, 0.25) is 0 Å². The van der Waals surface area contributed by atoms with Gasteiger partial charge in [0.25, 0.3) is 0 Å². The molecule has 2 aliphatic rings. The standard InChI is InChI=1S/C11H18O2/c1-7-9(12)5-3-8-4-6-10(13)11(7,8)2/h7-9,12H,3-6H2,1-2H3/t7-,8-,9+,11-/m1/s1. The second-order valence-corrected chi connectivity index (χ2v) is 4.87. The molecule has 2 aliphatic carbocycles. The van der Waals surface area contributed by atoms with Crippen LogP contribution in [-0.4, -0.2) is 17.0 Å². The average molecular weight is 182 g/mol. The first-order valence-corrected chi connectivity index (χ1v) is 5.28. The molecule has 0 aromatic heterocycles. The van der Waals surface area contributed by atoms with E-state index >= 15 is 0 Å². The molecule has 0 radical (unpaired) electrons. The monoisotopic (exact) mass is 182 g/mol. The lowest BCUT2D eigenvalue weighted by atomic mass is 9.62. The molecular weight excluding hydrogens is 164 g/mol. The van der Waals surface area contributed by atoms with Gasteiger partial charge in [-0.1, -0.05) is 13.8 Å². The minimum atomic E-state index is -0.261. The molecule has 4 atom stereocenters. The maximum Gasteiger partial charge on any atom is 0.139 e. The number of Topliss-reactive ketones (excluding diaryl/α,β-unsaturated/α-hetero) is 1. The molecule has 0 spiro atoms. The SMILES string of the molecule is C[C@@H]1[C@@H](O)CC[C@@H]2CCC(=O)[C@@]21C. The Kier molecular flexibility index (Phi) is 1.99. The smallest absolute Gasteiger partial charge is 0.139 e. The number of carbonyl (C=O) groups is 1. The second-order valence-electron chi connectivity index (χ2n) is 4.87. The van der Waals surface area contributed by atoms with Crippen LogP contribution in [0.5, 0.6) is 0 Å². The Morgan fingerprint density at radius 1 is 1.38 bits per heavy atom. The fourth-order valence-corrected chi connectivity index (χ4v) is 3.19. The van der Waals surface area contributed by atoms with Gasteiger partial charge in [0.1, 0.15) is 5.78 Å². The Morgan fingerprint density at radius 3 is 2.77 bits per heavy atom. The van der Waals surface area contributed by atoms with Gasteiger partial charge in [-0.2, -0.15) is 0 Å². The van der Waals surface area contributed by atoms with Crippen molar-refractivity contribution in [1.29, 1.82) is 0 Å². The van der Waals surface area contributed by atoms with Crippen LogP contribution in [0, 0.1) is 17.3 Å². The first kappa shape index (κ1) is 9.20. The second kappa shape index (κ2) is 2.81. The van der Waals surface area contributed by atoms with Gasteiger partial charge in [0, 0.05) is 11.8 Å². The lowest BCUT2D eigenvalue weighted by Crippen LogP contribution is -2.45. The van der Waals surface area contributed by atoms with Crippen LogP contribution in [0.1, 0.15) is 39.5 Å². The van der Waals surface area contributed by atoms with E-state index < -0.39 is 0 Å². The molecule has 1 N–H and O–H groups in total. The highest BCUT2D eigenvalue weighted by Crippen LogP contribution is 2.52. The van der Waals surface area contributed by atoms with Gasteiger partial charge in [0.05, 0.1) is 6.10 Å². The van der Waals surface area contributed by atoms with Gasteiger partial charge < -0.3 is 5.11 Å². The number of rotatable bonds is 0. The summed E-state index contributed by atoms with van der Waals surface area (Å²) in [5.41, 5.74) is -0.211. The molecule has 0 heterocycles. The van der Waals surface area contributed by atoms with E-state index in [1.54, 1.807) is 0 Å². The van der Waals surface area contributed by atoms with Crippen molar-refractivity contribution in [2.75, 3.05) is 0 Å². The predicted molar refractivity (Wildman–Crippen MR) is 50.2 cm³/mol. The van der Waals surface area contributed by atoms with Gasteiger partial charge >= 0.3 is 0 Å². The third-order valence-corrected chi connectivity index (χ3v) is 4.50. The molecule has 2 rings (SSSR count). The number of aliphatic hydroxyl groups is 1. The summed E-state index contributed by atoms with van der Waals surface area (Å²) in [6.45, 7) is 4.08. The maximum absolute atomic E-state index is 11.8. The molecule has 0 aliphatic heterocycles. The Hall–Kier alpha value is -0.370. The van der Waals surface area contributed by atoms with Crippen LogP contribution in [0.3, 0.4) is 0 Å². The molecule has 0 aromatic rings. The number of aliphatic hydroxyl groups excluding tert-OH is 1. The number of hydrogen-bond donors (Lipinski definition) is 1. The zero-order valence-electron chi connectivity index (χ0n) is 8.42. The normalized spacial score (nSPS) is 50.7. The number of carbonyl (C=O) groups excluding carboxylic acids is 1. The fourth-order valence-electron chi connectivity index (χ4n) is 3.19. The van der Waals surface area contributed by atoms with Gasteiger partial charge in [0.15, 0.2) is 0 Å². The lowest BCUT2D eigenvalue weighted by Gasteiger charge is -2.43. The van der Waals surface area contributed by atoms with Gasteiger partial charge in [0.2, 0.25) is 0 Å². The zero-order valence-corrected chi connectivity index (χ0v) is 8.42. The van der Waals surface area contributed by atoms with Crippen LogP contribution < -0.4 is 0 Å². The van der Waals surface area contributed by atoms with E-state index in [1.165, 1.54) is 0 Å². The summed E-state index contributed by atoms with van der Waals surface area (Å²) < 4.78 is 0. The van der Waals surface area contributed by atoms with E-state index in [9.17, 15) is 9.90 Å². The van der Waals surface area contributed by atoms with Gasteiger partial charge in [-0.3, -0.25) is 4.79 Å². The Morgan fingerprint density at radius 2 is 2.08 bits per heavy atom. The van der Waals surface area contributed by atoms with Crippen molar-refractivity contribution in [3.8, 4) is 0 Å². The van der Waals surface area contributed by atoms with Crippen LogP contribution in [0.25, 0.3) is 0 Å². The number of hydrogen-bond acceptors (Lipinski definition) is 2. The summed E-state index contributed by atoms with van der Waals surface area (Å²) in [5, 5.41) is 9.76. The summed E-state index contributed by atoms with van der Waals surface area (Å²) in [6, 6.07) is 0. The molecule has 2 saturated carbocycles. The minimum absolute atomic E-state index is 0.154. The minimum Gasteiger partial charge on any atom is -0.393 e. The van der Waals surface area contributed by atoms with Crippen LogP contribution in [0.4, 0.5) is 0 Å². The summed E-state index contributed by atoms with van der Waals surface area (Å²) in [4.78, 5) is 11.8. The first-order chi connectivity index (χ1) is 6.06. The molecule has 2 heteroatoms. The Labute approximate surface area is 79.3 Å². The fraction of sp³-hybridized carbons (Fsp3) is 0.909. The summed E-state index contributed by atoms with van der Waals surface area (Å²) >= 11 is 0. The molecular formula is C11H18O2. The van der Waals surface area contributed by atoms with Crippen molar-refractivity contribution in [2.45, 2.75) is 45.6 Å². The predicted octanol–water partition coefficient (Wildman–Crippen LogP) is 1.76. The molecule has 0 bridgehead atoms. The number of fused-ring (bicyclic) bond motifs is 1. The average Bonchev–Trinajstić information content (AvgIpc) is 2.40. The van der Waals surface area contributed by atoms with E-state index in [0.717, 1.165) is 25.7 Å². The van der Waals surface area contributed by atoms with Gasteiger partial charge in [-0.05, 0) is 31.1 Å². The van der Waals surface area contributed by atoms with Crippen molar-refractivity contribution in [3.05, 3.63) is 0 Å². The van der Waals surface area contributed by atoms with E-state index in [4.69, 9.17) is 0 Å². The van der Waals surface area contributed by atoms with Crippen molar-refractivity contribution in [2.24, 2.45) is 17.3 Å². The summed E-state index contributed by atoms with van der Waals surface area (Å²) in [7, 11) is 0. The molecule has 13 heavy (non-hydrogen) atoms. The Balaban J connectivity index is 2.31. The number of ketones is 1.